The molecule has 0 N–H and O–H groups in total. The highest BCUT2D eigenvalue weighted by molar-refractivity contribution is 5.78. The Morgan fingerprint density at radius 3 is 2.23 bits per heavy atom. The van der Waals surface area contributed by atoms with Gasteiger partial charge >= 0.3 is 12.0 Å². The highest BCUT2D eigenvalue weighted by Gasteiger charge is 2.38. The Balaban J connectivity index is 1.11. The molecular formula is C28H38N2O5. The van der Waals surface area contributed by atoms with Crippen molar-refractivity contribution in [2.45, 2.75) is 89.9 Å². The van der Waals surface area contributed by atoms with Crippen LogP contribution in [-0.4, -0.2) is 41.0 Å². The number of ether oxygens (including phenoxy) is 4. The van der Waals surface area contributed by atoms with Crippen LogP contribution in [-0.2, 0) is 14.3 Å². The predicted molar refractivity (Wildman–Crippen MR) is 133 cm³/mol. The number of carbonyl (C=O) groups is 1. The SMILES string of the molecule is CC1(C)OCC(C(=O)Oc2ccc(-c3cnc(OCCCCCCCCCC4CC4)nc3)cc2)O1. The number of nitrogens with zero attached hydrogens (tertiary/aromatic N) is 2. The first kappa shape index (κ1) is 25.6. The summed E-state index contributed by atoms with van der Waals surface area (Å²) in [5.74, 6) is 0.294. The van der Waals surface area contributed by atoms with Gasteiger partial charge in [-0.05, 0) is 43.9 Å². The Bertz CT molecular complexity index is 925. The lowest BCUT2D eigenvalue weighted by molar-refractivity contribution is -0.162. The zero-order valence-electron chi connectivity index (χ0n) is 21.0. The van der Waals surface area contributed by atoms with E-state index in [-0.39, 0.29) is 6.61 Å². The highest BCUT2D eigenvalue weighted by atomic mass is 16.8. The zero-order chi connectivity index (χ0) is 24.5. The summed E-state index contributed by atoms with van der Waals surface area (Å²) >= 11 is 0. The van der Waals surface area contributed by atoms with E-state index in [0.29, 0.717) is 18.4 Å². The van der Waals surface area contributed by atoms with Crippen molar-refractivity contribution in [1.29, 1.82) is 0 Å². The zero-order valence-corrected chi connectivity index (χ0v) is 21.0. The van der Waals surface area contributed by atoms with Crippen LogP contribution in [0.1, 0.15) is 78.1 Å². The summed E-state index contributed by atoms with van der Waals surface area (Å²) in [6, 6.07) is 7.62. The molecule has 2 fully saturated rings. The minimum atomic E-state index is -0.766. The highest BCUT2D eigenvalue weighted by Crippen LogP contribution is 2.34. The van der Waals surface area contributed by atoms with Crippen molar-refractivity contribution in [2.24, 2.45) is 5.92 Å². The maximum Gasteiger partial charge on any atom is 0.343 e. The Hall–Kier alpha value is -2.51. The second-order valence-corrected chi connectivity index (χ2v) is 10.1. The lowest BCUT2D eigenvalue weighted by Crippen LogP contribution is -2.30. The molecule has 2 aliphatic rings. The summed E-state index contributed by atoms with van der Waals surface area (Å²) in [6.45, 7) is 4.38. The van der Waals surface area contributed by atoms with Gasteiger partial charge in [-0.3, -0.25) is 0 Å². The van der Waals surface area contributed by atoms with E-state index in [4.69, 9.17) is 18.9 Å². The Labute approximate surface area is 208 Å². The van der Waals surface area contributed by atoms with Crippen LogP contribution in [0.5, 0.6) is 11.8 Å². The normalized spacial score (nSPS) is 19.0. The number of esters is 1. The lowest BCUT2D eigenvalue weighted by atomic mass is 10.1. The van der Waals surface area contributed by atoms with Crippen LogP contribution < -0.4 is 9.47 Å². The van der Waals surface area contributed by atoms with Crippen LogP contribution in [0.15, 0.2) is 36.7 Å². The molecule has 1 saturated carbocycles. The van der Waals surface area contributed by atoms with Gasteiger partial charge < -0.3 is 18.9 Å². The van der Waals surface area contributed by atoms with Gasteiger partial charge in [0.05, 0.1) is 13.2 Å². The van der Waals surface area contributed by atoms with E-state index in [9.17, 15) is 4.79 Å². The third-order valence-electron chi connectivity index (χ3n) is 6.49. The van der Waals surface area contributed by atoms with Crippen molar-refractivity contribution in [3.05, 3.63) is 36.7 Å². The van der Waals surface area contributed by atoms with E-state index >= 15 is 0 Å². The van der Waals surface area contributed by atoms with Gasteiger partial charge in [0.25, 0.3) is 0 Å². The largest absolute Gasteiger partial charge is 0.463 e. The standard InChI is InChI=1S/C28H38N2O5/c1-28(2)33-20-25(35-28)26(31)34-24-15-13-22(14-16-24)23-18-29-27(30-19-23)32-17-9-7-5-3-4-6-8-10-21-11-12-21/h13-16,18-19,21,25H,3-12,17,20H2,1-2H3. The molecule has 0 amide bonds. The molecule has 1 aromatic carbocycles. The number of hydrogen-bond acceptors (Lipinski definition) is 7. The van der Waals surface area contributed by atoms with Crippen LogP contribution in [0.4, 0.5) is 0 Å². The van der Waals surface area contributed by atoms with E-state index in [0.717, 1.165) is 23.5 Å². The van der Waals surface area contributed by atoms with Gasteiger partial charge in [0.15, 0.2) is 11.9 Å². The average Bonchev–Trinajstić information content (AvgIpc) is 3.61. The fourth-order valence-electron chi connectivity index (χ4n) is 4.23. The van der Waals surface area contributed by atoms with Gasteiger partial charge in [-0.15, -0.1) is 0 Å². The molecule has 7 nitrogen and oxygen atoms in total. The molecule has 0 spiro atoms. The summed E-state index contributed by atoms with van der Waals surface area (Å²) in [4.78, 5) is 20.9. The minimum Gasteiger partial charge on any atom is -0.463 e. The van der Waals surface area contributed by atoms with Crippen LogP contribution >= 0.6 is 0 Å². The van der Waals surface area contributed by atoms with Gasteiger partial charge in [-0.25, -0.2) is 14.8 Å². The first-order valence-corrected chi connectivity index (χ1v) is 13.1. The molecule has 0 radical (unpaired) electrons. The molecule has 2 aromatic rings. The van der Waals surface area contributed by atoms with Crippen LogP contribution in [0.2, 0.25) is 0 Å². The lowest BCUT2D eigenvalue weighted by Gasteiger charge is -2.16. The van der Waals surface area contributed by atoms with Gasteiger partial charge in [0.2, 0.25) is 0 Å². The molecule has 2 heterocycles. The quantitative estimate of drug-likeness (QED) is 0.183. The van der Waals surface area contributed by atoms with Crippen LogP contribution in [0.3, 0.4) is 0 Å². The van der Waals surface area contributed by atoms with Gasteiger partial charge in [-0.1, -0.05) is 69.9 Å². The second kappa shape index (κ2) is 12.5. The van der Waals surface area contributed by atoms with Crippen LogP contribution in [0.25, 0.3) is 11.1 Å². The van der Waals surface area contributed by atoms with E-state index < -0.39 is 17.9 Å². The topological polar surface area (TPSA) is 79.8 Å². The number of rotatable bonds is 14. The third-order valence-corrected chi connectivity index (χ3v) is 6.49. The van der Waals surface area contributed by atoms with E-state index in [1.54, 1.807) is 38.4 Å². The van der Waals surface area contributed by atoms with Crippen molar-refractivity contribution in [3.8, 4) is 22.9 Å². The molecule has 1 unspecified atom stereocenters. The first-order valence-electron chi connectivity index (χ1n) is 13.1. The molecule has 1 atom stereocenters. The summed E-state index contributed by atoms with van der Waals surface area (Å²) in [5.41, 5.74) is 1.79. The molecule has 4 rings (SSSR count). The smallest absolute Gasteiger partial charge is 0.343 e. The number of aromatic nitrogens is 2. The molecule has 7 heteroatoms. The van der Waals surface area contributed by atoms with Gasteiger partial charge in [0, 0.05) is 18.0 Å². The number of carbonyl (C=O) groups excluding carboxylic acids is 1. The van der Waals surface area contributed by atoms with E-state index in [2.05, 4.69) is 9.97 Å². The Morgan fingerprint density at radius 1 is 0.943 bits per heavy atom. The van der Waals surface area contributed by atoms with Crippen molar-refractivity contribution < 1.29 is 23.7 Å². The number of benzene rings is 1. The molecule has 1 aliphatic carbocycles. The molecule has 0 bridgehead atoms. The maximum atomic E-state index is 12.3. The molecule has 190 valence electrons. The van der Waals surface area contributed by atoms with E-state index in [1.807, 2.05) is 12.1 Å². The van der Waals surface area contributed by atoms with Crippen molar-refractivity contribution >= 4 is 5.97 Å². The number of unbranched alkanes of at least 4 members (excludes halogenated alkanes) is 6. The van der Waals surface area contributed by atoms with Crippen LogP contribution in [0, 0.1) is 5.92 Å². The maximum absolute atomic E-state index is 12.3. The van der Waals surface area contributed by atoms with E-state index in [1.165, 1.54) is 57.8 Å². The predicted octanol–water partition coefficient (Wildman–Crippen LogP) is 6.11. The fourth-order valence-corrected chi connectivity index (χ4v) is 4.23. The first-order chi connectivity index (χ1) is 17.0. The average molecular weight is 483 g/mol. The van der Waals surface area contributed by atoms with Crippen molar-refractivity contribution in [1.82, 2.24) is 9.97 Å². The molecule has 1 aromatic heterocycles. The molecular weight excluding hydrogens is 444 g/mol. The molecule has 35 heavy (non-hydrogen) atoms. The molecule has 1 saturated heterocycles. The summed E-state index contributed by atoms with van der Waals surface area (Å²) < 4.78 is 22.1. The summed E-state index contributed by atoms with van der Waals surface area (Å²) in [7, 11) is 0. The summed E-state index contributed by atoms with van der Waals surface area (Å²) in [6.07, 6.45) is 16.2. The minimum absolute atomic E-state index is 0.190. The Kier molecular flexibility index (Phi) is 9.10. The summed E-state index contributed by atoms with van der Waals surface area (Å²) in [5, 5.41) is 0. The third kappa shape index (κ3) is 8.58. The number of hydrogen-bond donors (Lipinski definition) is 0. The van der Waals surface area contributed by atoms with Crippen molar-refractivity contribution in [2.75, 3.05) is 13.2 Å². The van der Waals surface area contributed by atoms with Gasteiger partial charge in [0.1, 0.15) is 5.75 Å². The Morgan fingerprint density at radius 2 is 1.60 bits per heavy atom. The second-order valence-electron chi connectivity index (χ2n) is 10.1. The molecule has 1 aliphatic heterocycles. The van der Waals surface area contributed by atoms with Crippen molar-refractivity contribution in [3.63, 3.8) is 0 Å². The van der Waals surface area contributed by atoms with Gasteiger partial charge in [-0.2, -0.15) is 0 Å². The fraction of sp³-hybridized carbons (Fsp3) is 0.607. The monoisotopic (exact) mass is 482 g/mol.